The van der Waals surface area contributed by atoms with Gasteiger partial charge in [-0.2, -0.15) is 0 Å². The van der Waals surface area contributed by atoms with Crippen LogP contribution in [0.1, 0.15) is 0 Å². The van der Waals surface area contributed by atoms with Crippen molar-refractivity contribution >= 4 is 31.4 Å². The van der Waals surface area contributed by atoms with Gasteiger partial charge in [0.2, 0.25) is 10.0 Å². The van der Waals surface area contributed by atoms with Crippen molar-refractivity contribution in [2.45, 2.75) is 4.21 Å². The summed E-state index contributed by atoms with van der Waals surface area (Å²) in [6.45, 7) is 0. The molecule has 0 spiro atoms. The molecule has 5 nitrogen and oxygen atoms in total. The van der Waals surface area contributed by atoms with Crippen molar-refractivity contribution in [2.24, 2.45) is 0 Å². The van der Waals surface area contributed by atoms with Gasteiger partial charge in [0.05, 0.1) is 6.26 Å². The molecule has 0 radical (unpaired) electrons. The van der Waals surface area contributed by atoms with Crippen LogP contribution in [0, 0.1) is 0 Å². The van der Waals surface area contributed by atoms with Gasteiger partial charge in [0.25, 0.3) is 10.0 Å². The van der Waals surface area contributed by atoms with Gasteiger partial charge in [-0.25, -0.2) is 16.8 Å². The van der Waals surface area contributed by atoms with Crippen molar-refractivity contribution in [1.82, 2.24) is 4.13 Å². The molecule has 13 heavy (non-hydrogen) atoms. The third kappa shape index (κ3) is 3.07. The van der Waals surface area contributed by atoms with Crippen molar-refractivity contribution in [2.75, 3.05) is 6.26 Å². The number of nitrogens with one attached hydrogen (secondary N) is 1. The topological polar surface area (TPSA) is 80.3 Å². The zero-order valence-electron chi connectivity index (χ0n) is 6.59. The molecule has 1 heterocycles. The summed E-state index contributed by atoms with van der Waals surface area (Å²) in [6, 6.07) is 2.86. The zero-order chi connectivity index (χ0) is 10.1. The number of rotatable bonds is 3. The molecule has 0 saturated heterocycles. The maximum Gasteiger partial charge on any atom is 0.262 e. The van der Waals surface area contributed by atoms with E-state index < -0.39 is 20.0 Å². The van der Waals surface area contributed by atoms with Crippen LogP contribution < -0.4 is 4.13 Å². The average molecular weight is 241 g/mol. The van der Waals surface area contributed by atoms with Gasteiger partial charge >= 0.3 is 0 Å². The van der Waals surface area contributed by atoms with Crippen LogP contribution in [0.15, 0.2) is 21.7 Å². The summed E-state index contributed by atoms with van der Waals surface area (Å²) in [5.74, 6) is 0. The van der Waals surface area contributed by atoms with Crippen LogP contribution >= 0.6 is 11.3 Å². The lowest BCUT2D eigenvalue weighted by Crippen LogP contribution is -2.28. The second-order valence-electron chi connectivity index (χ2n) is 2.29. The molecule has 1 N–H and O–H groups in total. The quantitative estimate of drug-likeness (QED) is 0.807. The third-order valence-corrected chi connectivity index (χ3v) is 5.38. The maximum atomic E-state index is 11.2. The highest BCUT2D eigenvalue weighted by Gasteiger charge is 2.19. The Morgan fingerprint density at radius 1 is 1.31 bits per heavy atom. The van der Waals surface area contributed by atoms with E-state index in [4.69, 9.17) is 0 Å². The highest BCUT2D eigenvalue weighted by Crippen LogP contribution is 2.15. The van der Waals surface area contributed by atoms with Gasteiger partial charge in [0.1, 0.15) is 4.21 Å². The van der Waals surface area contributed by atoms with Crippen molar-refractivity contribution in [3.05, 3.63) is 17.5 Å². The lowest BCUT2D eigenvalue weighted by Gasteiger charge is -2.00. The van der Waals surface area contributed by atoms with Crippen LogP contribution in [0.4, 0.5) is 0 Å². The highest BCUT2D eigenvalue weighted by atomic mass is 32.3. The third-order valence-electron chi connectivity index (χ3n) is 1.02. The van der Waals surface area contributed by atoms with E-state index in [1.807, 2.05) is 0 Å². The molecule has 0 aromatic carbocycles. The first-order valence-electron chi connectivity index (χ1n) is 3.08. The molecule has 1 rings (SSSR count). The lowest BCUT2D eigenvalue weighted by atomic mass is 10.7. The molecule has 0 aliphatic carbocycles. The van der Waals surface area contributed by atoms with Crippen molar-refractivity contribution in [1.29, 1.82) is 0 Å². The summed E-state index contributed by atoms with van der Waals surface area (Å²) >= 11 is 0.956. The Labute approximate surface area is 80.5 Å². The molecule has 0 fully saturated rings. The van der Waals surface area contributed by atoms with Gasteiger partial charge in [-0.1, -0.05) is 6.07 Å². The van der Waals surface area contributed by atoms with E-state index in [1.165, 1.54) is 12.1 Å². The summed E-state index contributed by atoms with van der Waals surface area (Å²) in [6.07, 6.45) is 0.790. The fourth-order valence-corrected chi connectivity index (χ4v) is 4.27. The molecule has 0 atom stereocenters. The average Bonchev–Trinajstić information content (AvgIpc) is 2.29. The van der Waals surface area contributed by atoms with E-state index in [9.17, 15) is 16.8 Å². The summed E-state index contributed by atoms with van der Waals surface area (Å²) in [5.41, 5.74) is 0. The summed E-state index contributed by atoms with van der Waals surface area (Å²) in [5, 5.41) is 1.55. The predicted octanol–water partition coefficient (Wildman–Crippen LogP) is -0.0140. The molecule has 0 aliphatic heterocycles. The van der Waals surface area contributed by atoms with Crippen LogP contribution in [-0.2, 0) is 20.0 Å². The van der Waals surface area contributed by atoms with Crippen molar-refractivity contribution < 1.29 is 16.8 Å². The molecule has 1 aromatic heterocycles. The highest BCUT2D eigenvalue weighted by molar-refractivity contribution is 8.05. The lowest BCUT2D eigenvalue weighted by molar-refractivity contribution is 0.581. The molecule has 0 amide bonds. The Kier molecular flexibility index (Phi) is 2.76. The summed E-state index contributed by atoms with van der Waals surface area (Å²) in [4.78, 5) is 0. The second kappa shape index (κ2) is 3.37. The molecule has 0 bridgehead atoms. The minimum Gasteiger partial charge on any atom is -0.212 e. The van der Waals surface area contributed by atoms with Crippen LogP contribution in [0.3, 0.4) is 0 Å². The van der Waals surface area contributed by atoms with Crippen LogP contribution in [0.5, 0.6) is 0 Å². The Morgan fingerprint density at radius 2 is 1.92 bits per heavy atom. The number of hydrogen-bond donors (Lipinski definition) is 1. The Bertz CT molecular complexity index is 470. The minimum atomic E-state index is -3.89. The van der Waals surface area contributed by atoms with Crippen LogP contribution in [0.25, 0.3) is 0 Å². The van der Waals surface area contributed by atoms with Gasteiger partial charge in [-0.05, 0) is 11.4 Å². The fourth-order valence-electron chi connectivity index (χ4n) is 0.657. The Hall–Kier alpha value is -0.440. The van der Waals surface area contributed by atoms with E-state index in [2.05, 4.69) is 0 Å². The Morgan fingerprint density at radius 3 is 2.31 bits per heavy atom. The molecular weight excluding hydrogens is 234 g/mol. The number of thiophene rings is 1. The largest absolute Gasteiger partial charge is 0.262 e. The molecule has 0 aliphatic rings. The molecule has 74 valence electrons. The van der Waals surface area contributed by atoms with E-state index in [-0.39, 0.29) is 4.21 Å². The predicted molar refractivity (Wildman–Crippen MR) is 49.5 cm³/mol. The molecule has 0 saturated carbocycles. The smallest absolute Gasteiger partial charge is 0.212 e. The number of hydrogen-bond acceptors (Lipinski definition) is 5. The van der Waals surface area contributed by atoms with Crippen LogP contribution in [-0.4, -0.2) is 23.1 Å². The van der Waals surface area contributed by atoms with E-state index >= 15 is 0 Å². The maximum absolute atomic E-state index is 11.2. The molecular formula is C5H7NO4S3. The van der Waals surface area contributed by atoms with Gasteiger partial charge in [0.15, 0.2) is 0 Å². The Balaban J connectivity index is 3.06. The molecule has 8 heteroatoms. The van der Waals surface area contributed by atoms with E-state index in [0.717, 1.165) is 17.6 Å². The SMILES string of the molecule is CS(=O)(=O)NS(=O)(=O)c1cccs1. The summed E-state index contributed by atoms with van der Waals surface area (Å²) < 4.78 is 45.3. The zero-order valence-corrected chi connectivity index (χ0v) is 9.04. The monoisotopic (exact) mass is 241 g/mol. The minimum absolute atomic E-state index is 0.0158. The molecule has 0 unspecified atom stereocenters. The first-order valence-corrected chi connectivity index (χ1v) is 7.34. The van der Waals surface area contributed by atoms with Gasteiger partial charge in [0, 0.05) is 0 Å². The van der Waals surface area contributed by atoms with E-state index in [0.29, 0.717) is 0 Å². The first-order chi connectivity index (χ1) is 5.81. The normalized spacial score (nSPS) is 13.0. The first kappa shape index (κ1) is 10.6. The number of sulfonamides is 2. The second-order valence-corrected chi connectivity index (χ2v) is 7.15. The van der Waals surface area contributed by atoms with Gasteiger partial charge < -0.3 is 0 Å². The fraction of sp³-hybridized carbons (Fsp3) is 0.200. The van der Waals surface area contributed by atoms with Gasteiger partial charge in [-0.15, -0.1) is 15.5 Å². The molecule has 1 aromatic rings. The van der Waals surface area contributed by atoms with Crippen LogP contribution in [0.2, 0.25) is 0 Å². The van der Waals surface area contributed by atoms with Crippen molar-refractivity contribution in [3.8, 4) is 0 Å². The van der Waals surface area contributed by atoms with Gasteiger partial charge in [-0.3, -0.25) is 0 Å². The summed E-state index contributed by atoms with van der Waals surface area (Å²) in [7, 11) is -7.63. The van der Waals surface area contributed by atoms with Crippen molar-refractivity contribution in [3.63, 3.8) is 0 Å². The standard InChI is InChI=1S/C5H7NO4S3/c1-12(7,8)6-13(9,10)5-3-2-4-11-5/h2-4,6H,1H3. The van der Waals surface area contributed by atoms with E-state index in [1.54, 1.807) is 9.51 Å².